The summed E-state index contributed by atoms with van der Waals surface area (Å²) in [6.07, 6.45) is 1.73. The highest BCUT2D eigenvalue weighted by atomic mass is 35.5. The molecule has 1 fully saturated rings. The Balaban J connectivity index is 1.91. The van der Waals surface area contributed by atoms with Crippen LogP contribution in [0, 0.1) is 0 Å². The zero-order valence-corrected chi connectivity index (χ0v) is 12.3. The lowest BCUT2D eigenvalue weighted by Crippen LogP contribution is -2.49. The molecule has 1 aromatic rings. The van der Waals surface area contributed by atoms with Crippen LogP contribution in [0.1, 0.15) is 30.1 Å². The molecule has 0 atom stereocenters. The summed E-state index contributed by atoms with van der Waals surface area (Å²) >= 11 is 5.82. The Labute approximate surface area is 127 Å². The molecule has 3 N–H and O–H groups in total. The molecule has 0 spiro atoms. The Morgan fingerprint density at radius 1 is 1.43 bits per heavy atom. The zero-order chi connectivity index (χ0) is 15.4. The van der Waals surface area contributed by atoms with Crippen molar-refractivity contribution in [3.8, 4) is 0 Å². The molecule has 1 aliphatic carbocycles. The van der Waals surface area contributed by atoms with Gasteiger partial charge in [-0.3, -0.25) is 0 Å². The van der Waals surface area contributed by atoms with E-state index in [-0.39, 0.29) is 23.4 Å². The number of carbonyl (C=O) groups is 2. The fraction of sp³-hybridized carbons (Fsp3) is 0.429. The van der Waals surface area contributed by atoms with Crippen LogP contribution in [0.25, 0.3) is 0 Å². The number of halogens is 1. The number of urea groups is 1. The van der Waals surface area contributed by atoms with Gasteiger partial charge in [0.25, 0.3) is 0 Å². The second kappa shape index (κ2) is 6.78. The van der Waals surface area contributed by atoms with Crippen molar-refractivity contribution in [3.63, 3.8) is 0 Å². The Morgan fingerprint density at radius 2 is 2.14 bits per heavy atom. The van der Waals surface area contributed by atoms with Crippen LogP contribution in [-0.4, -0.2) is 35.9 Å². The minimum Gasteiger partial charge on any atom is -0.478 e. The molecule has 1 aromatic carbocycles. The van der Waals surface area contributed by atoms with Crippen molar-refractivity contribution in [1.29, 1.82) is 0 Å². The number of nitrogens with one attached hydrogen (secondary N) is 2. The second-order valence-corrected chi connectivity index (χ2v) is 5.28. The summed E-state index contributed by atoms with van der Waals surface area (Å²) in [6.45, 7) is 2.59. The van der Waals surface area contributed by atoms with E-state index >= 15 is 0 Å². The van der Waals surface area contributed by atoms with E-state index in [4.69, 9.17) is 21.4 Å². The number of hydrogen-bond donors (Lipinski definition) is 3. The van der Waals surface area contributed by atoms with Crippen LogP contribution < -0.4 is 10.6 Å². The number of carbonyl (C=O) groups excluding carboxylic acids is 1. The van der Waals surface area contributed by atoms with Crippen LogP contribution in [0.5, 0.6) is 0 Å². The van der Waals surface area contributed by atoms with Crippen LogP contribution in [0.3, 0.4) is 0 Å². The van der Waals surface area contributed by atoms with Gasteiger partial charge in [-0.1, -0.05) is 11.6 Å². The predicted octanol–water partition coefficient (Wildman–Crippen LogP) is 2.73. The SMILES string of the molecule is CCOC1CC(NC(=O)Nc2cc(Cl)ccc2C(=O)O)C1. The lowest BCUT2D eigenvalue weighted by Gasteiger charge is -2.35. The fourth-order valence-corrected chi connectivity index (χ4v) is 2.38. The molecular formula is C14H17ClN2O4. The Hall–Kier alpha value is -1.79. The summed E-state index contributed by atoms with van der Waals surface area (Å²) in [5.74, 6) is -1.12. The molecule has 1 aliphatic rings. The number of aromatic carboxylic acids is 1. The van der Waals surface area contributed by atoms with Crippen LogP contribution >= 0.6 is 11.6 Å². The topological polar surface area (TPSA) is 87.7 Å². The van der Waals surface area contributed by atoms with Crippen LogP contribution in [0.4, 0.5) is 10.5 Å². The molecule has 0 bridgehead atoms. The number of hydrogen-bond acceptors (Lipinski definition) is 3. The first kappa shape index (κ1) is 15.6. The molecule has 1 saturated carbocycles. The standard InChI is InChI=1S/C14H17ClN2O4/c1-2-21-10-6-9(7-10)16-14(20)17-12-5-8(15)3-4-11(12)13(18)19/h3-5,9-10H,2,6-7H2,1H3,(H,18,19)(H2,16,17,20). The third-order valence-electron chi connectivity index (χ3n) is 3.29. The summed E-state index contributed by atoms with van der Waals surface area (Å²) in [7, 11) is 0. The van der Waals surface area contributed by atoms with Gasteiger partial charge in [-0.15, -0.1) is 0 Å². The lowest BCUT2D eigenvalue weighted by atomic mass is 9.89. The Morgan fingerprint density at radius 3 is 2.76 bits per heavy atom. The van der Waals surface area contributed by atoms with Gasteiger partial charge in [0.05, 0.1) is 17.4 Å². The molecular weight excluding hydrogens is 296 g/mol. The molecule has 0 heterocycles. The van der Waals surface area contributed by atoms with Crippen molar-refractivity contribution < 1.29 is 19.4 Å². The highest BCUT2D eigenvalue weighted by Gasteiger charge is 2.30. The van der Waals surface area contributed by atoms with Gasteiger partial charge in [0.2, 0.25) is 0 Å². The molecule has 0 aliphatic heterocycles. The zero-order valence-electron chi connectivity index (χ0n) is 11.6. The van der Waals surface area contributed by atoms with Crippen molar-refractivity contribution in [2.24, 2.45) is 0 Å². The van der Waals surface area contributed by atoms with Crippen molar-refractivity contribution in [2.45, 2.75) is 31.9 Å². The third kappa shape index (κ3) is 4.09. The van der Waals surface area contributed by atoms with Crippen molar-refractivity contribution in [3.05, 3.63) is 28.8 Å². The molecule has 0 saturated heterocycles. The van der Waals surface area contributed by atoms with Gasteiger partial charge in [0.15, 0.2) is 0 Å². The quantitative estimate of drug-likeness (QED) is 0.780. The maximum absolute atomic E-state index is 11.9. The average molecular weight is 313 g/mol. The molecule has 0 unspecified atom stereocenters. The summed E-state index contributed by atoms with van der Waals surface area (Å²) in [6, 6.07) is 3.84. The smallest absolute Gasteiger partial charge is 0.337 e. The number of rotatable bonds is 5. The molecule has 114 valence electrons. The van der Waals surface area contributed by atoms with Crippen LogP contribution in [0.2, 0.25) is 5.02 Å². The number of benzene rings is 1. The summed E-state index contributed by atoms with van der Waals surface area (Å²) in [5.41, 5.74) is 0.170. The van der Waals surface area contributed by atoms with Crippen molar-refractivity contribution in [1.82, 2.24) is 5.32 Å². The number of amides is 2. The van der Waals surface area contributed by atoms with E-state index in [1.807, 2.05) is 6.92 Å². The molecule has 7 heteroatoms. The highest BCUT2D eigenvalue weighted by Crippen LogP contribution is 2.24. The van der Waals surface area contributed by atoms with Crippen molar-refractivity contribution in [2.75, 3.05) is 11.9 Å². The van der Waals surface area contributed by atoms with Gasteiger partial charge in [-0.25, -0.2) is 9.59 Å². The van der Waals surface area contributed by atoms with Gasteiger partial charge in [-0.2, -0.15) is 0 Å². The van der Waals surface area contributed by atoms with E-state index in [2.05, 4.69) is 10.6 Å². The van der Waals surface area contributed by atoms with E-state index in [1.165, 1.54) is 18.2 Å². The number of carboxylic acids is 1. The Kier molecular flexibility index (Phi) is 5.03. The lowest BCUT2D eigenvalue weighted by molar-refractivity contribution is -0.00673. The first-order valence-electron chi connectivity index (χ1n) is 6.71. The maximum atomic E-state index is 11.9. The first-order valence-corrected chi connectivity index (χ1v) is 7.09. The van der Waals surface area contributed by atoms with E-state index in [1.54, 1.807) is 0 Å². The van der Waals surface area contributed by atoms with Gasteiger partial charge in [0.1, 0.15) is 0 Å². The summed E-state index contributed by atoms with van der Waals surface area (Å²) < 4.78 is 5.41. The monoisotopic (exact) mass is 312 g/mol. The van der Waals surface area contributed by atoms with Gasteiger partial charge >= 0.3 is 12.0 Å². The van der Waals surface area contributed by atoms with E-state index in [0.717, 1.165) is 12.8 Å². The van der Waals surface area contributed by atoms with E-state index < -0.39 is 12.0 Å². The number of anilines is 1. The van der Waals surface area contributed by atoms with Gasteiger partial charge < -0.3 is 20.5 Å². The normalized spacial score (nSPS) is 20.5. The average Bonchev–Trinajstić information content (AvgIpc) is 2.36. The summed E-state index contributed by atoms with van der Waals surface area (Å²) in [5, 5.41) is 14.7. The molecule has 21 heavy (non-hydrogen) atoms. The molecule has 0 radical (unpaired) electrons. The molecule has 2 rings (SSSR count). The van der Waals surface area contributed by atoms with Crippen LogP contribution in [0.15, 0.2) is 18.2 Å². The van der Waals surface area contributed by atoms with Gasteiger partial charge in [0, 0.05) is 17.7 Å². The molecule has 0 aromatic heterocycles. The van der Waals surface area contributed by atoms with Crippen molar-refractivity contribution >= 4 is 29.3 Å². The van der Waals surface area contributed by atoms with Crippen LogP contribution in [-0.2, 0) is 4.74 Å². The maximum Gasteiger partial charge on any atom is 0.337 e. The summed E-state index contributed by atoms with van der Waals surface area (Å²) in [4.78, 5) is 23.0. The molecule has 2 amide bonds. The predicted molar refractivity (Wildman–Crippen MR) is 79.0 cm³/mol. The Bertz CT molecular complexity index is 544. The largest absolute Gasteiger partial charge is 0.478 e. The minimum atomic E-state index is -1.12. The fourth-order valence-electron chi connectivity index (χ4n) is 2.21. The molecule has 6 nitrogen and oxygen atoms in total. The minimum absolute atomic E-state index is 0.00430. The highest BCUT2D eigenvalue weighted by molar-refractivity contribution is 6.31. The first-order chi connectivity index (χ1) is 9.99. The van der Waals surface area contributed by atoms with E-state index in [0.29, 0.717) is 11.6 Å². The number of carboxylic acid groups (broad SMARTS) is 1. The van der Waals surface area contributed by atoms with Gasteiger partial charge in [-0.05, 0) is 38.0 Å². The van der Waals surface area contributed by atoms with E-state index in [9.17, 15) is 9.59 Å². The second-order valence-electron chi connectivity index (χ2n) is 4.84. The number of ether oxygens (including phenoxy) is 1. The third-order valence-corrected chi connectivity index (χ3v) is 3.53.